The lowest BCUT2D eigenvalue weighted by Gasteiger charge is -2.13. The molecule has 1 aromatic carbocycles. The van der Waals surface area contributed by atoms with Gasteiger partial charge >= 0.3 is 0 Å². The van der Waals surface area contributed by atoms with E-state index in [2.05, 4.69) is 20.6 Å². The maximum atomic E-state index is 5.72. The average Bonchev–Trinajstić information content (AvgIpc) is 2.97. The van der Waals surface area contributed by atoms with Crippen LogP contribution in [0.1, 0.15) is 12.1 Å². The van der Waals surface area contributed by atoms with Crippen molar-refractivity contribution in [3.8, 4) is 11.5 Å². The SMILES string of the molecule is CN=C(NCc1csc(N(C)C)n1)Nc1ccc2c(c1)OCCCO2. The van der Waals surface area contributed by atoms with Crippen molar-refractivity contribution < 1.29 is 9.47 Å². The summed E-state index contributed by atoms with van der Waals surface area (Å²) >= 11 is 1.62. The van der Waals surface area contributed by atoms with E-state index in [1.807, 2.05) is 42.6 Å². The lowest BCUT2D eigenvalue weighted by atomic mass is 10.3. The fraction of sp³-hybridized carbons (Fsp3) is 0.412. The first-order chi connectivity index (χ1) is 12.2. The van der Waals surface area contributed by atoms with Crippen molar-refractivity contribution in [1.82, 2.24) is 10.3 Å². The first-order valence-corrected chi connectivity index (χ1v) is 9.02. The molecular formula is C17H23N5O2S. The smallest absolute Gasteiger partial charge is 0.195 e. The van der Waals surface area contributed by atoms with Crippen molar-refractivity contribution in [1.29, 1.82) is 0 Å². The first-order valence-electron chi connectivity index (χ1n) is 8.15. The summed E-state index contributed by atoms with van der Waals surface area (Å²) in [5, 5.41) is 9.57. The third-order valence-corrected chi connectivity index (χ3v) is 4.65. The van der Waals surface area contributed by atoms with E-state index < -0.39 is 0 Å². The molecule has 1 aliphatic heterocycles. The van der Waals surface area contributed by atoms with Crippen LogP contribution < -0.4 is 25.0 Å². The van der Waals surface area contributed by atoms with Gasteiger partial charge in [-0.25, -0.2) is 4.98 Å². The minimum atomic E-state index is 0.606. The van der Waals surface area contributed by atoms with Crippen molar-refractivity contribution in [2.24, 2.45) is 4.99 Å². The van der Waals surface area contributed by atoms with Gasteiger partial charge in [0.25, 0.3) is 0 Å². The molecule has 2 aromatic rings. The molecule has 0 bridgehead atoms. The summed E-state index contributed by atoms with van der Waals surface area (Å²) in [6.07, 6.45) is 0.892. The highest BCUT2D eigenvalue weighted by atomic mass is 32.1. The second kappa shape index (κ2) is 8.06. The first kappa shape index (κ1) is 17.3. The average molecular weight is 361 g/mol. The number of hydrogen-bond acceptors (Lipinski definition) is 6. The molecule has 7 nitrogen and oxygen atoms in total. The zero-order chi connectivity index (χ0) is 17.6. The molecule has 0 saturated carbocycles. The Morgan fingerprint density at radius 2 is 2.08 bits per heavy atom. The summed E-state index contributed by atoms with van der Waals surface area (Å²) < 4.78 is 11.4. The van der Waals surface area contributed by atoms with E-state index in [0.717, 1.165) is 34.4 Å². The molecule has 0 spiro atoms. The number of fused-ring (bicyclic) bond motifs is 1. The normalized spacial score (nSPS) is 14.0. The van der Waals surface area contributed by atoms with Crippen molar-refractivity contribution in [2.45, 2.75) is 13.0 Å². The molecule has 2 heterocycles. The van der Waals surface area contributed by atoms with E-state index in [-0.39, 0.29) is 0 Å². The standard InChI is InChI=1S/C17H23N5O2S/c1-18-16(19-10-13-11-25-17(21-13)22(2)3)20-12-5-6-14-15(9-12)24-8-4-7-23-14/h5-6,9,11H,4,7-8,10H2,1-3H3,(H2,18,19,20). The zero-order valence-electron chi connectivity index (χ0n) is 14.7. The number of ether oxygens (including phenoxy) is 2. The highest BCUT2D eigenvalue weighted by molar-refractivity contribution is 7.13. The minimum absolute atomic E-state index is 0.606. The van der Waals surface area contributed by atoms with Crippen LogP contribution in [0.4, 0.5) is 10.8 Å². The number of aliphatic imine (C=N–C) groups is 1. The lowest BCUT2D eigenvalue weighted by Crippen LogP contribution is -2.30. The van der Waals surface area contributed by atoms with Crippen LogP contribution in [-0.2, 0) is 6.54 Å². The highest BCUT2D eigenvalue weighted by Crippen LogP contribution is 2.32. The van der Waals surface area contributed by atoms with Crippen LogP contribution in [0.25, 0.3) is 0 Å². The van der Waals surface area contributed by atoms with Gasteiger partial charge in [-0.15, -0.1) is 11.3 Å². The van der Waals surface area contributed by atoms with Crippen molar-refractivity contribution in [3.63, 3.8) is 0 Å². The van der Waals surface area contributed by atoms with E-state index >= 15 is 0 Å². The molecule has 1 aliphatic rings. The fourth-order valence-electron chi connectivity index (χ4n) is 2.31. The third-order valence-electron chi connectivity index (χ3n) is 3.59. The molecule has 0 saturated heterocycles. The Morgan fingerprint density at radius 3 is 2.80 bits per heavy atom. The van der Waals surface area contributed by atoms with Gasteiger partial charge in [0.05, 0.1) is 25.5 Å². The van der Waals surface area contributed by atoms with Gasteiger partial charge in [-0.05, 0) is 12.1 Å². The summed E-state index contributed by atoms with van der Waals surface area (Å²) in [6, 6.07) is 5.80. The monoisotopic (exact) mass is 361 g/mol. The van der Waals surface area contributed by atoms with E-state index in [0.29, 0.717) is 25.7 Å². The molecule has 0 radical (unpaired) electrons. The molecule has 3 rings (SSSR count). The third kappa shape index (κ3) is 4.54. The molecule has 2 N–H and O–H groups in total. The lowest BCUT2D eigenvalue weighted by molar-refractivity contribution is 0.297. The van der Waals surface area contributed by atoms with Crippen LogP contribution in [0.5, 0.6) is 11.5 Å². The zero-order valence-corrected chi connectivity index (χ0v) is 15.5. The van der Waals surface area contributed by atoms with Crippen LogP contribution >= 0.6 is 11.3 Å². The number of benzene rings is 1. The Kier molecular flexibility index (Phi) is 5.60. The van der Waals surface area contributed by atoms with Crippen molar-refractivity contribution >= 4 is 28.1 Å². The van der Waals surface area contributed by atoms with Gasteiger partial charge < -0.3 is 25.0 Å². The Labute approximate surface area is 151 Å². The van der Waals surface area contributed by atoms with Crippen LogP contribution in [0, 0.1) is 0 Å². The van der Waals surface area contributed by atoms with Gasteiger partial charge in [0.15, 0.2) is 22.6 Å². The second-order valence-corrected chi connectivity index (χ2v) is 6.62. The van der Waals surface area contributed by atoms with Crippen molar-refractivity contribution in [3.05, 3.63) is 29.3 Å². The highest BCUT2D eigenvalue weighted by Gasteiger charge is 2.11. The number of nitrogens with zero attached hydrogens (tertiary/aromatic N) is 3. The summed E-state index contributed by atoms with van der Waals surface area (Å²) in [7, 11) is 5.71. The molecule has 0 fully saturated rings. The molecule has 0 unspecified atom stereocenters. The summed E-state index contributed by atoms with van der Waals surface area (Å²) in [6.45, 7) is 1.96. The van der Waals surface area contributed by atoms with Gasteiger partial charge in [0, 0.05) is 44.7 Å². The predicted octanol–water partition coefficient (Wildman–Crippen LogP) is 2.56. The number of guanidine groups is 1. The number of anilines is 2. The van der Waals surface area contributed by atoms with Gasteiger partial charge in [-0.3, -0.25) is 4.99 Å². The maximum absolute atomic E-state index is 5.72. The number of aromatic nitrogens is 1. The molecular weight excluding hydrogens is 338 g/mol. The molecule has 0 aliphatic carbocycles. The number of nitrogens with one attached hydrogen (secondary N) is 2. The fourth-order valence-corrected chi connectivity index (χ4v) is 3.07. The van der Waals surface area contributed by atoms with Crippen LogP contribution in [0.3, 0.4) is 0 Å². The van der Waals surface area contributed by atoms with Gasteiger partial charge in [0.1, 0.15) is 0 Å². The van der Waals surface area contributed by atoms with E-state index in [9.17, 15) is 0 Å². The van der Waals surface area contributed by atoms with Crippen LogP contribution in [0.15, 0.2) is 28.6 Å². The molecule has 134 valence electrons. The number of thiazole rings is 1. The Morgan fingerprint density at radius 1 is 1.28 bits per heavy atom. The summed E-state index contributed by atoms with van der Waals surface area (Å²) in [4.78, 5) is 10.8. The Bertz CT molecular complexity index is 744. The largest absolute Gasteiger partial charge is 0.490 e. The van der Waals surface area contributed by atoms with Gasteiger partial charge in [-0.1, -0.05) is 0 Å². The quantitative estimate of drug-likeness (QED) is 0.644. The second-order valence-electron chi connectivity index (χ2n) is 5.78. The molecule has 1 aromatic heterocycles. The van der Waals surface area contributed by atoms with Gasteiger partial charge in [0.2, 0.25) is 0 Å². The summed E-state index contributed by atoms with van der Waals surface area (Å²) in [5.41, 5.74) is 1.87. The van der Waals surface area contributed by atoms with Crippen LogP contribution in [0.2, 0.25) is 0 Å². The molecule has 25 heavy (non-hydrogen) atoms. The number of rotatable bonds is 4. The molecule has 0 amide bonds. The summed E-state index contributed by atoms with van der Waals surface area (Å²) in [5.74, 6) is 2.21. The molecule has 8 heteroatoms. The predicted molar refractivity (Wildman–Crippen MR) is 102 cm³/mol. The van der Waals surface area contributed by atoms with E-state index in [4.69, 9.17) is 9.47 Å². The van der Waals surface area contributed by atoms with Gasteiger partial charge in [-0.2, -0.15) is 0 Å². The maximum Gasteiger partial charge on any atom is 0.195 e. The van der Waals surface area contributed by atoms with Crippen LogP contribution in [-0.4, -0.2) is 45.3 Å². The van der Waals surface area contributed by atoms with Crippen molar-refractivity contribution in [2.75, 3.05) is 44.6 Å². The van der Waals surface area contributed by atoms with E-state index in [1.165, 1.54) is 0 Å². The Hall–Kier alpha value is -2.48. The van der Waals surface area contributed by atoms with E-state index in [1.54, 1.807) is 18.4 Å². The number of hydrogen-bond donors (Lipinski definition) is 2. The molecule has 0 atom stereocenters. The topological polar surface area (TPSA) is 71.0 Å². The minimum Gasteiger partial charge on any atom is -0.490 e. The Balaban J connectivity index is 1.61.